The van der Waals surface area contributed by atoms with E-state index in [1.807, 2.05) is 0 Å². The summed E-state index contributed by atoms with van der Waals surface area (Å²) in [5.41, 5.74) is 0.00368. The molecule has 1 amide bonds. The van der Waals surface area contributed by atoms with Crippen LogP contribution in [0.3, 0.4) is 0 Å². The van der Waals surface area contributed by atoms with Gasteiger partial charge in [0.1, 0.15) is 5.82 Å². The Hall–Kier alpha value is -2.18. The average molecular weight is 264 g/mol. The molecule has 1 heterocycles. The minimum atomic E-state index is -0.462. The number of amides is 1. The molecule has 0 aromatic carbocycles. The van der Waals surface area contributed by atoms with Gasteiger partial charge in [-0.1, -0.05) is 0 Å². The minimum absolute atomic E-state index is 0.00368. The number of nitrogens with one attached hydrogen (secondary N) is 2. The predicted octanol–water partition coefficient (Wildman–Crippen LogP) is 1.46. The SMILES string of the molecule is O=C(CCCNc1cc([N+](=O)[O-])ccn1)NC1CC1. The van der Waals surface area contributed by atoms with Gasteiger partial charge in [0.25, 0.3) is 5.69 Å². The van der Waals surface area contributed by atoms with Gasteiger partial charge in [-0.05, 0) is 19.3 Å². The van der Waals surface area contributed by atoms with Crippen molar-refractivity contribution in [2.75, 3.05) is 11.9 Å². The fourth-order valence-corrected chi connectivity index (χ4v) is 1.62. The summed E-state index contributed by atoms with van der Waals surface area (Å²) in [5, 5.41) is 16.5. The Morgan fingerprint density at radius 1 is 1.53 bits per heavy atom. The van der Waals surface area contributed by atoms with Crippen molar-refractivity contribution in [3.8, 4) is 0 Å². The molecule has 7 nitrogen and oxygen atoms in total. The van der Waals surface area contributed by atoms with Gasteiger partial charge in [-0.25, -0.2) is 4.98 Å². The van der Waals surface area contributed by atoms with Gasteiger partial charge < -0.3 is 10.6 Å². The molecule has 1 aromatic rings. The largest absolute Gasteiger partial charge is 0.370 e. The number of hydrogen-bond acceptors (Lipinski definition) is 5. The van der Waals surface area contributed by atoms with Crippen LogP contribution in [0.4, 0.5) is 11.5 Å². The van der Waals surface area contributed by atoms with Gasteiger partial charge in [0.05, 0.1) is 11.0 Å². The molecule has 0 bridgehead atoms. The van der Waals surface area contributed by atoms with Crippen molar-refractivity contribution in [1.29, 1.82) is 0 Å². The second-order valence-corrected chi connectivity index (χ2v) is 4.53. The molecule has 1 aromatic heterocycles. The minimum Gasteiger partial charge on any atom is -0.370 e. The third kappa shape index (κ3) is 4.53. The van der Waals surface area contributed by atoms with Crippen LogP contribution < -0.4 is 10.6 Å². The zero-order valence-electron chi connectivity index (χ0n) is 10.5. The van der Waals surface area contributed by atoms with Crippen LogP contribution in [0.15, 0.2) is 18.3 Å². The molecule has 0 aliphatic heterocycles. The van der Waals surface area contributed by atoms with Gasteiger partial charge >= 0.3 is 0 Å². The lowest BCUT2D eigenvalue weighted by atomic mass is 10.3. The highest BCUT2D eigenvalue weighted by molar-refractivity contribution is 5.76. The summed E-state index contributed by atoms with van der Waals surface area (Å²) in [6.07, 6.45) is 4.69. The van der Waals surface area contributed by atoms with Crippen LogP contribution in [0.5, 0.6) is 0 Å². The van der Waals surface area contributed by atoms with Gasteiger partial charge in [-0.3, -0.25) is 14.9 Å². The molecule has 2 rings (SSSR count). The molecule has 1 aliphatic rings. The molecule has 19 heavy (non-hydrogen) atoms. The first kappa shape index (κ1) is 13.3. The maximum absolute atomic E-state index is 11.4. The lowest BCUT2D eigenvalue weighted by Gasteiger charge is -2.05. The standard InChI is InChI=1S/C12H16N4O3/c17-12(15-9-3-4-9)2-1-6-13-11-8-10(16(18)19)5-7-14-11/h5,7-9H,1-4,6H2,(H,13,14)(H,15,17). The molecule has 1 fully saturated rings. The number of anilines is 1. The van der Waals surface area contributed by atoms with Crippen LogP contribution in [0.1, 0.15) is 25.7 Å². The summed E-state index contributed by atoms with van der Waals surface area (Å²) in [4.78, 5) is 25.5. The molecular weight excluding hydrogens is 248 g/mol. The van der Waals surface area contributed by atoms with Crippen LogP contribution in [0.25, 0.3) is 0 Å². The van der Waals surface area contributed by atoms with E-state index in [-0.39, 0.29) is 11.6 Å². The Bertz CT molecular complexity index is 474. The number of pyridine rings is 1. The maximum Gasteiger partial charge on any atom is 0.274 e. The zero-order chi connectivity index (χ0) is 13.7. The number of nitro groups is 1. The van der Waals surface area contributed by atoms with Gasteiger partial charge in [0.2, 0.25) is 5.91 Å². The van der Waals surface area contributed by atoms with E-state index < -0.39 is 4.92 Å². The number of carbonyl (C=O) groups excluding carboxylic acids is 1. The van der Waals surface area contributed by atoms with Gasteiger partial charge in [0.15, 0.2) is 0 Å². The van der Waals surface area contributed by atoms with Crippen LogP contribution in [-0.4, -0.2) is 28.4 Å². The number of hydrogen-bond donors (Lipinski definition) is 2. The molecule has 1 aliphatic carbocycles. The Balaban J connectivity index is 1.68. The summed E-state index contributed by atoms with van der Waals surface area (Å²) in [7, 11) is 0. The quantitative estimate of drug-likeness (QED) is 0.441. The number of carbonyl (C=O) groups is 1. The molecule has 102 valence electrons. The molecule has 0 radical (unpaired) electrons. The first-order chi connectivity index (χ1) is 9.15. The molecule has 0 unspecified atom stereocenters. The topological polar surface area (TPSA) is 97.2 Å². The molecule has 0 spiro atoms. The summed E-state index contributed by atoms with van der Waals surface area (Å²) in [6, 6.07) is 3.11. The first-order valence-electron chi connectivity index (χ1n) is 6.29. The lowest BCUT2D eigenvalue weighted by Crippen LogP contribution is -2.25. The molecule has 0 atom stereocenters. The van der Waals surface area contributed by atoms with Gasteiger partial charge in [-0.15, -0.1) is 0 Å². The summed E-state index contributed by atoms with van der Waals surface area (Å²) < 4.78 is 0. The smallest absolute Gasteiger partial charge is 0.274 e. The van der Waals surface area contributed by atoms with Gasteiger partial charge in [0, 0.05) is 31.3 Å². The number of rotatable bonds is 7. The molecule has 0 saturated heterocycles. The Labute approximate surface area is 110 Å². The van der Waals surface area contributed by atoms with Crippen LogP contribution in [-0.2, 0) is 4.79 Å². The van der Waals surface area contributed by atoms with Crippen molar-refractivity contribution >= 4 is 17.4 Å². The van der Waals surface area contributed by atoms with Crippen LogP contribution in [0.2, 0.25) is 0 Å². The van der Waals surface area contributed by atoms with Crippen LogP contribution in [0, 0.1) is 10.1 Å². The average Bonchev–Trinajstić information content (AvgIpc) is 3.19. The molecular formula is C12H16N4O3. The molecule has 7 heteroatoms. The van der Waals surface area contributed by atoms with Crippen molar-refractivity contribution in [3.63, 3.8) is 0 Å². The van der Waals surface area contributed by atoms with E-state index in [0.717, 1.165) is 12.8 Å². The van der Waals surface area contributed by atoms with Crippen molar-refractivity contribution in [2.24, 2.45) is 0 Å². The lowest BCUT2D eigenvalue weighted by molar-refractivity contribution is -0.384. The Morgan fingerprint density at radius 3 is 3.00 bits per heavy atom. The second kappa shape index (κ2) is 6.12. The summed E-state index contributed by atoms with van der Waals surface area (Å²) >= 11 is 0. The van der Waals surface area contributed by atoms with Crippen molar-refractivity contribution < 1.29 is 9.72 Å². The molecule has 2 N–H and O–H groups in total. The number of aromatic nitrogens is 1. The normalized spacial score (nSPS) is 13.9. The van der Waals surface area contributed by atoms with E-state index in [4.69, 9.17) is 0 Å². The zero-order valence-corrected chi connectivity index (χ0v) is 10.5. The third-order valence-corrected chi connectivity index (χ3v) is 2.78. The second-order valence-electron chi connectivity index (χ2n) is 4.53. The fraction of sp³-hybridized carbons (Fsp3) is 0.500. The Kier molecular flexibility index (Phi) is 4.27. The van der Waals surface area contributed by atoms with Gasteiger partial charge in [-0.2, -0.15) is 0 Å². The van der Waals surface area contributed by atoms with E-state index in [0.29, 0.717) is 31.2 Å². The summed E-state index contributed by atoms with van der Waals surface area (Å²) in [5.74, 6) is 0.521. The highest BCUT2D eigenvalue weighted by Gasteiger charge is 2.22. The van der Waals surface area contributed by atoms with E-state index in [2.05, 4.69) is 15.6 Å². The Morgan fingerprint density at radius 2 is 2.32 bits per heavy atom. The third-order valence-electron chi connectivity index (χ3n) is 2.78. The number of nitrogens with zero attached hydrogens (tertiary/aromatic N) is 2. The van der Waals surface area contributed by atoms with Crippen molar-refractivity contribution in [1.82, 2.24) is 10.3 Å². The highest BCUT2D eigenvalue weighted by Crippen LogP contribution is 2.18. The molecule has 1 saturated carbocycles. The fourth-order valence-electron chi connectivity index (χ4n) is 1.62. The van der Waals surface area contributed by atoms with Crippen molar-refractivity contribution in [2.45, 2.75) is 31.7 Å². The van der Waals surface area contributed by atoms with E-state index in [1.54, 1.807) is 0 Å². The first-order valence-corrected chi connectivity index (χ1v) is 6.29. The van der Waals surface area contributed by atoms with E-state index in [1.165, 1.54) is 18.3 Å². The monoisotopic (exact) mass is 264 g/mol. The van der Waals surface area contributed by atoms with E-state index >= 15 is 0 Å². The predicted molar refractivity (Wildman–Crippen MR) is 69.8 cm³/mol. The maximum atomic E-state index is 11.4. The summed E-state index contributed by atoms with van der Waals surface area (Å²) in [6.45, 7) is 0.562. The van der Waals surface area contributed by atoms with Crippen LogP contribution >= 0.6 is 0 Å². The van der Waals surface area contributed by atoms with E-state index in [9.17, 15) is 14.9 Å². The van der Waals surface area contributed by atoms with Crippen molar-refractivity contribution in [3.05, 3.63) is 28.4 Å². The highest BCUT2D eigenvalue weighted by atomic mass is 16.6.